The van der Waals surface area contributed by atoms with Crippen molar-refractivity contribution in [2.24, 2.45) is 5.92 Å². The third kappa shape index (κ3) is 30.1. The van der Waals surface area contributed by atoms with Gasteiger partial charge in [0, 0.05) is 30.8 Å². The van der Waals surface area contributed by atoms with Crippen molar-refractivity contribution in [1.29, 1.82) is 0 Å². The van der Waals surface area contributed by atoms with E-state index in [1.165, 1.54) is 44.3 Å². The van der Waals surface area contributed by atoms with Crippen LogP contribution in [0.2, 0.25) is 0 Å². The number of aromatic nitrogens is 1. The molecule has 0 fully saturated rings. The normalized spacial score (nSPS) is 11.1. The zero-order valence-corrected chi connectivity index (χ0v) is 33.1. The minimum atomic E-state index is -0.608. The van der Waals surface area contributed by atoms with Gasteiger partial charge < -0.3 is 24.8 Å². The molecule has 280 valence electrons. The summed E-state index contributed by atoms with van der Waals surface area (Å²) in [5, 5.41) is 7.14. The maximum atomic E-state index is 12.5. The fraction of sp³-hybridized carbons (Fsp3) is 0.583. The number of nitrogens with one attached hydrogen (secondary N) is 3. The van der Waals surface area contributed by atoms with Crippen LogP contribution in [0.3, 0.4) is 0 Å². The van der Waals surface area contributed by atoms with Gasteiger partial charge in [0.05, 0.1) is 13.1 Å². The molecule has 1 heterocycles. The molecule has 0 saturated carbocycles. The Morgan fingerprint density at radius 3 is 2.12 bits per heavy atom. The topological polar surface area (TPSA) is 139 Å². The molecule has 3 N–H and O–H groups in total. The highest BCUT2D eigenvalue weighted by Gasteiger charge is 2.18. The van der Waals surface area contributed by atoms with Crippen LogP contribution in [0.5, 0.6) is 0 Å². The first kappa shape index (κ1) is 49.6. The van der Waals surface area contributed by atoms with E-state index in [0.717, 1.165) is 24.3 Å². The molecule has 0 radical (unpaired) electrons. The molecule has 0 aliphatic heterocycles. The van der Waals surface area contributed by atoms with Crippen molar-refractivity contribution in [2.45, 2.75) is 106 Å². The van der Waals surface area contributed by atoms with Crippen molar-refractivity contribution < 1.29 is 28.3 Å². The van der Waals surface area contributed by atoms with Gasteiger partial charge in [-0.3, -0.25) is 24.5 Å². The summed E-state index contributed by atoms with van der Waals surface area (Å²) < 4.78 is 19.5. The van der Waals surface area contributed by atoms with E-state index < -0.39 is 17.5 Å². The number of amides is 4. The summed E-state index contributed by atoms with van der Waals surface area (Å²) >= 11 is 3.10. The summed E-state index contributed by atoms with van der Waals surface area (Å²) in [5.41, 5.74) is 0.218. The third-order valence-electron chi connectivity index (χ3n) is 5.78. The van der Waals surface area contributed by atoms with Crippen LogP contribution in [-0.4, -0.2) is 66.6 Å². The van der Waals surface area contributed by atoms with Gasteiger partial charge in [0.2, 0.25) is 18.2 Å². The van der Waals surface area contributed by atoms with Gasteiger partial charge in [0.1, 0.15) is 17.1 Å². The number of likely N-dealkylation sites (N-methyl/N-ethyl adjacent to an activating group) is 2. The van der Waals surface area contributed by atoms with Crippen LogP contribution in [0.25, 0.3) is 0 Å². The fourth-order valence-electron chi connectivity index (χ4n) is 3.33. The average molecular weight is 759 g/mol. The number of pyridine rings is 1. The minimum absolute atomic E-state index is 0.00410. The van der Waals surface area contributed by atoms with Crippen LogP contribution in [0, 0.1) is 5.92 Å². The standard InChI is InChI=1S/C18H30N2O3.C7H8BrF.C7H13N3O3.C4H10/c1-6-7-8-9-11-14(2)20-13-10-12-15(16(20)21)19-17(22)23-18(3,4)5;1-5(7(3)8)4-6(2)9;1-8-6(12)4-10(2)7(13)3-9-5-11;1-4(2)3/h10,12-14H,6-9,11H2,1-5H3,(H,19,22);4H,2-3H2,1H3;5H,3-4H2,1-2H3,(H,8,12)(H,9,11);4H,1-3H3/b;5-4-;;. The molecule has 0 spiro atoms. The van der Waals surface area contributed by atoms with Gasteiger partial charge in [-0.05, 0) is 70.7 Å². The quantitative estimate of drug-likeness (QED) is 0.101. The lowest BCUT2D eigenvalue weighted by Crippen LogP contribution is -2.40. The molecule has 0 saturated heterocycles. The van der Waals surface area contributed by atoms with Crippen molar-refractivity contribution in [2.75, 3.05) is 32.5 Å². The summed E-state index contributed by atoms with van der Waals surface area (Å²) in [6, 6.07) is 3.49. The Kier molecular flexibility index (Phi) is 28.5. The lowest BCUT2D eigenvalue weighted by molar-refractivity contribution is -0.134. The summed E-state index contributed by atoms with van der Waals surface area (Å²) in [4.78, 5) is 57.3. The Morgan fingerprint density at radius 1 is 1.12 bits per heavy atom. The highest BCUT2D eigenvalue weighted by Crippen LogP contribution is 2.16. The number of hydrogen-bond donors (Lipinski definition) is 3. The average Bonchev–Trinajstić information content (AvgIpc) is 2.98. The molecule has 11 nitrogen and oxygen atoms in total. The van der Waals surface area contributed by atoms with Crippen molar-refractivity contribution >= 4 is 45.9 Å². The van der Waals surface area contributed by atoms with Gasteiger partial charge in [-0.1, -0.05) is 82.5 Å². The van der Waals surface area contributed by atoms with Crippen LogP contribution in [0.4, 0.5) is 14.9 Å². The monoisotopic (exact) mass is 757 g/mol. The number of hydrogen-bond acceptors (Lipinski definition) is 6. The van der Waals surface area contributed by atoms with E-state index in [-0.39, 0.29) is 42.2 Å². The van der Waals surface area contributed by atoms with Crippen molar-refractivity contribution in [1.82, 2.24) is 20.1 Å². The lowest BCUT2D eigenvalue weighted by atomic mass is 10.1. The highest BCUT2D eigenvalue weighted by atomic mass is 79.9. The summed E-state index contributed by atoms with van der Waals surface area (Å²) in [6.45, 7) is 24.4. The molecular formula is C36H61BrFN5O6. The molecule has 0 aliphatic carbocycles. The first-order valence-electron chi connectivity index (χ1n) is 16.3. The van der Waals surface area contributed by atoms with Gasteiger partial charge in [-0.15, -0.1) is 0 Å². The fourth-order valence-corrected chi connectivity index (χ4v) is 3.45. The van der Waals surface area contributed by atoms with Gasteiger partial charge in [-0.2, -0.15) is 0 Å². The van der Waals surface area contributed by atoms with Crippen molar-refractivity contribution in [3.63, 3.8) is 0 Å². The zero-order valence-electron chi connectivity index (χ0n) is 31.5. The van der Waals surface area contributed by atoms with E-state index in [0.29, 0.717) is 10.9 Å². The number of ether oxygens (including phenoxy) is 1. The molecule has 1 aromatic heterocycles. The second-order valence-corrected chi connectivity index (χ2v) is 13.7. The predicted molar refractivity (Wildman–Crippen MR) is 202 cm³/mol. The van der Waals surface area contributed by atoms with Gasteiger partial charge in [-0.25, -0.2) is 9.18 Å². The van der Waals surface area contributed by atoms with Crippen LogP contribution in [0.1, 0.15) is 100 Å². The van der Waals surface area contributed by atoms with Crippen molar-refractivity contribution in [3.8, 4) is 0 Å². The van der Waals surface area contributed by atoms with E-state index in [1.807, 2.05) is 6.92 Å². The molecule has 1 unspecified atom stereocenters. The lowest BCUT2D eigenvalue weighted by Gasteiger charge is -2.20. The smallest absolute Gasteiger partial charge is 0.412 e. The molecule has 0 aromatic carbocycles. The Morgan fingerprint density at radius 2 is 1.69 bits per heavy atom. The third-order valence-corrected chi connectivity index (χ3v) is 6.41. The molecule has 1 atom stereocenters. The van der Waals surface area contributed by atoms with Crippen LogP contribution >= 0.6 is 15.9 Å². The van der Waals surface area contributed by atoms with Gasteiger partial charge in [0.15, 0.2) is 0 Å². The molecule has 0 bridgehead atoms. The Balaban J connectivity index is -0.000000683. The molecular weight excluding hydrogens is 697 g/mol. The number of halogens is 2. The van der Waals surface area contributed by atoms with Crippen LogP contribution in [-0.2, 0) is 19.1 Å². The Labute approximate surface area is 301 Å². The predicted octanol–water partition coefficient (Wildman–Crippen LogP) is 7.65. The van der Waals surface area contributed by atoms with E-state index >= 15 is 0 Å². The van der Waals surface area contributed by atoms with E-state index in [9.17, 15) is 28.4 Å². The maximum Gasteiger partial charge on any atom is 0.412 e. The molecule has 49 heavy (non-hydrogen) atoms. The maximum absolute atomic E-state index is 12.5. The van der Waals surface area contributed by atoms with Gasteiger partial charge >= 0.3 is 6.09 Å². The largest absolute Gasteiger partial charge is 0.444 e. The summed E-state index contributed by atoms with van der Waals surface area (Å²) in [6.07, 6.45) is 8.58. The van der Waals surface area contributed by atoms with E-state index in [4.69, 9.17) is 4.74 Å². The highest BCUT2D eigenvalue weighted by molar-refractivity contribution is 9.11. The van der Waals surface area contributed by atoms with Crippen molar-refractivity contribution in [3.05, 3.63) is 63.8 Å². The molecule has 13 heteroatoms. The Bertz CT molecular complexity index is 1250. The number of anilines is 1. The molecule has 1 aromatic rings. The second kappa shape index (κ2) is 28.1. The van der Waals surface area contributed by atoms with E-state index in [1.54, 1.807) is 50.6 Å². The number of nitrogens with zero attached hydrogens (tertiary/aromatic N) is 2. The first-order chi connectivity index (χ1) is 22.6. The summed E-state index contributed by atoms with van der Waals surface area (Å²) in [5.74, 6) is -0.175. The van der Waals surface area contributed by atoms with E-state index in [2.05, 4.69) is 72.7 Å². The molecule has 4 amide bonds. The number of rotatable bonds is 14. The number of carbonyl (C=O) groups excluding carboxylic acids is 4. The van der Waals surface area contributed by atoms with Crippen LogP contribution in [0.15, 0.2) is 58.2 Å². The van der Waals surface area contributed by atoms with Crippen LogP contribution < -0.4 is 21.5 Å². The number of unbranched alkanes of at least 4 members (excludes halogenated alkanes) is 3. The van der Waals surface area contributed by atoms with Gasteiger partial charge in [0.25, 0.3) is 5.56 Å². The molecule has 1 rings (SSSR count). The zero-order chi connectivity index (χ0) is 38.7. The summed E-state index contributed by atoms with van der Waals surface area (Å²) in [7, 11) is 2.98. The molecule has 0 aliphatic rings. The second-order valence-electron chi connectivity index (χ2n) is 12.8. The number of allylic oxidation sites excluding steroid dienone is 4. The minimum Gasteiger partial charge on any atom is -0.444 e. The first-order valence-corrected chi connectivity index (χ1v) is 17.1. The Hall–Kier alpha value is -3.74. The SMILES string of the molecule is C=C(F)/C=C(/C)C(=C)Br.CC(C)C.CCCCCCC(C)n1cccc(NC(=O)OC(C)(C)C)c1=O.CNC(=O)CN(C)C(=O)CNC=O. The number of carbonyl (C=O) groups is 4.